The number of allylic oxidation sites excluding steroid dienone is 1. The van der Waals surface area contributed by atoms with Crippen LogP contribution in [0.4, 0.5) is 0 Å². The van der Waals surface area contributed by atoms with E-state index in [-0.39, 0.29) is 11.3 Å². The Balaban J connectivity index is 0.00000151. The van der Waals surface area contributed by atoms with Crippen LogP contribution >= 0.6 is 0 Å². The first-order valence-electron chi connectivity index (χ1n) is 7.98. The number of carboxylic acid groups (broad SMARTS) is 1. The summed E-state index contributed by atoms with van der Waals surface area (Å²) in [5, 5.41) is 18.7. The van der Waals surface area contributed by atoms with Gasteiger partial charge in [0.25, 0.3) is 0 Å². The molecule has 5 nitrogen and oxygen atoms in total. The number of ether oxygens (including phenoxy) is 2. The predicted molar refractivity (Wildman–Crippen MR) is 98.3 cm³/mol. The molecule has 0 heterocycles. The number of phenolic OH excluding ortho intramolecular Hbond substituents is 1. The van der Waals surface area contributed by atoms with Gasteiger partial charge in [0.1, 0.15) is 17.2 Å². The van der Waals surface area contributed by atoms with Crippen LogP contribution in [-0.4, -0.2) is 30.4 Å². The van der Waals surface area contributed by atoms with Crippen LogP contribution in [0.3, 0.4) is 0 Å². The Morgan fingerprint density at radius 2 is 1.52 bits per heavy atom. The monoisotopic (exact) mass is 344 g/mol. The van der Waals surface area contributed by atoms with Crippen LogP contribution in [0, 0.1) is 0 Å². The fraction of sp³-hybridized carbons (Fsp3) is 0.250. The number of hydrogen-bond acceptors (Lipinski definition) is 4. The molecule has 0 fully saturated rings. The highest BCUT2D eigenvalue weighted by atomic mass is 16.5. The minimum Gasteiger partial charge on any atom is -0.508 e. The second-order valence-corrected chi connectivity index (χ2v) is 4.89. The Labute approximate surface area is 148 Å². The van der Waals surface area contributed by atoms with Crippen molar-refractivity contribution in [3.63, 3.8) is 0 Å². The highest BCUT2D eigenvalue weighted by Crippen LogP contribution is 2.24. The molecule has 0 bridgehead atoms. The molecule has 5 heteroatoms. The summed E-state index contributed by atoms with van der Waals surface area (Å²) >= 11 is 0. The minimum atomic E-state index is -1.02. The lowest BCUT2D eigenvalue weighted by molar-refractivity contribution is -0.130. The van der Waals surface area contributed by atoms with Crippen LogP contribution in [0.2, 0.25) is 0 Å². The van der Waals surface area contributed by atoms with Gasteiger partial charge in [-0.1, -0.05) is 32.1 Å². The summed E-state index contributed by atoms with van der Waals surface area (Å²) < 4.78 is 10.4. The van der Waals surface area contributed by atoms with Gasteiger partial charge in [-0.15, -0.1) is 0 Å². The van der Waals surface area contributed by atoms with E-state index in [2.05, 4.69) is 0 Å². The van der Waals surface area contributed by atoms with Crippen LogP contribution in [-0.2, 0) is 11.2 Å². The Bertz CT molecular complexity index is 695. The van der Waals surface area contributed by atoms with E-state index in [9.17, 15) is 15.0 Å². The van der Waals surface area contributed by atoms with Crippen LogP contribution in [0.15, 0.2) is 48.5 Å². The van der Waals surface area contributed by atoms with Gasteiger partial charge in [-0.05, 0) is 41.8 Å². The molecule has 134 valence electrons. The molecule has 25 heavy (non-hydrogen) atoms. The molecule has 2 rings (SSSR count). The fourth-order valence-corrected chi connectivity index (χ4v) is 2.17. The highest BCUT2D eigenvalue weighted by molar-refractivity contribution is 6.15. The van der Waals surface area contributed by atoms with Crippen molar-refractivity contribution >= 4 is 11.5 Å². The Morgan fingerprint density at radius 1 is 1.00 bits per heavy atom. The van der Waals surface area contributed by atoms with Crippen molar-refractivity contribution in [1.82, 2.24) is 0 Å². The minimum absolute atomic E-state index is 0.0935. The van der Waals surface area contributed by atoms with E-state index in [1.807, 2.05) is 26.0 Å². The third-order valence-corrected chi connectivity index (χ3v) is 3.36. The first kappa shape index (κ1) is 20.1. The number of methoxy groups -OCH3 is 2. The molecule has 0 atom stereocenters. The number of benzene rings is 2. The molecule has 0 saturated heterocycles. The molecule has 0 radical (unpaired) electrons. The summed E-state index contributed by atoms with van der Waals surface area (Å²) in [4.78, 5) is 11.5. The quantitative estimate of drug-likeness (QED) is 0.770. The third kappa shape index (κ3) is 5.88. The second-order valence-electron chi connectivity index (χ2n) is 4.89. The first-order chi connectivity index (χ1) is 12.0. The lowest BCUT2D eigenvalue weighted by atomic mass is 10.0. The molecule has 0 spiro atoms. The van der Waals surface area contributed by atoms with Gasteiger partial charge in [0.05, 0.1) is 19.8 Å². The summed E-state index contributed by atoms with van der Waals surface area (Å²) in [5.41, 5.74) is 1.58. The number of carboxylic acids is 1. The summed E-state index contributed by atoms with van der Waals surface area (Å²) in [5.74, 6) is 0.366. The predicted octanol–water partition coefficient (Wildman–Crippen LogP) is 4.15. The normalized spacial score (nSPS) is 10.5. The van der Waals surface area contributed by atoms with Crippen molar-refractivity contribution in [1.29, 1.82) is 0 Å². The Morgan fingerprint density at radius 3 is 1.96 bits per heavy atom. The Hall–Kier alpha value is -2.95. The zero-order valence-electron chi connectivity index (χ0n) is 14.9. The lowest BCUT2D eigenvalue weighted by Gasteiger charge is -2.08. The highest BCUT2D eigenvalue weighted by Gasteiger charge is 2.10. The maximum Gasteiger partial charge on any atom is 0.335 e. The Kier molecular flexibility index (Phi) is 8.06. The van der Waals surface area contributed by atoms with E-state index in [0.717, 1.165) is 5.56 Å². The lowest BCUT2D eigenvalue weighted by Crippen LogP contribution is -2.00. The number of hydrogen-bond donors (Lipinski definition) is 2. The fourth-order valence-electron chi connectivity index (χ4n) is 2.17. The average Bonchev–Trinajstić information content (AvgIpc) is 2.64. The zero-order chi connectivity index (χ0) is 18.8. The molecule has 0 saturated carbocycles. The van der Waals surface area contributed by atoms with E-state index in [1.165, 1.54) is 12.1 Å². The molecular weight excluding hydrogens is 320 g/mol. The summed E-state index contributed by atoms with van der Waals surface area (Å²) in [6.07, 6.45) is 2.04. The molecule has 0 aromatic heterocycles. The van der Waals surface area contributed by atoms with Crippen LogP contribution in [0.1, 0.15) is 25.0 Å². The van der Waals surface area contributed by atoms with E-state index in [0.29, 0.717) is 23.5 Å². The van der Waals surface area contributed by atoms with Gasteiger partial charge in [-0.3, -0.25) is 0 Å². The molecule has 0 aliphatic rings. The number of aliphatic carboxylic acids is 1. The molecule has 0 aliphatic heterocycles. The van der Waals surface area contributed by atoms with Crippen LogP contribution < -0.4 is 9.47 Å². The molecular formula is C20H24O5. The zero-order valence-corrected chi connectivity index (χ0v) is 14.9. The molecule has 0 aliphatic carbocycles. The largest absolute Gasteiger partial charge is 0.508 e. The first-order valence-corrected chi connectivity index (χ1v) is 7.98. The molecule has 2 N–H and O–H groups in total. The van der Waals surface area contributed by atoms with Gasteiger partial charge in [0, 0.05) is 6.07 Å². The second kappa shape index (κ2) is 10.0. The van der Waals surface area contributed by atoms with Crippen LogP contribution in [0.25, 0.3) is 5.57 Å². The summed E-state index contributed by atoms with van der Waals surface area (Å²) in [7, 11) is 3.13. The standard InChI is InChI=1S/C18H18O5.C2H6/c1-22-15-9-12(10-16(11-15)23-2)3-8-17(18(20)21)13-4-6-14(19)7-5-13;1-2/h4-11,19H,3H2,1-2H3,(H,20,21);1-2H3/b17-8+;. The van der Waals surface area contributed by atoms with Crippen molar-refractivity contribution in [2.75, 3.05) is 14.2 Å². The van der Waals surface area contributed by atoms with E-state index in [1.54, 1.807) is 38.5 Å². The van der Waals surface area contributed by atoms with Crippen LogP contribution in [0.5, 0.6) is 17.2 Å². The number of phenols is 1. The van der Waals surface area contributed by atoms with Gasteiger partial charge in [0.2, 0.25) is 0 Å². The van der Waals surface area contributed by atoms with Crippen molar-refractivity contribution in [2.24, 2.45) is 0 Å². The molecule has 0 amide bonds. The molecule has 2 aromatic carbocycles. The smallest absolute Gasteiger partial charge is 0.335 e. The number of aromatic hydroxyl groups is 1. The average molecular weight is 344 g/mol. The van der Waals surface area contributed by atoms with Crippen molar-refractivity contribution in [3.8, 4) is 17.2 Å². The van der Waals surface area contributed by atoms with E-state index in [4.69, 9.17) is 9.47 Å². The number of rotatable bonds is 6. The molecule has 2 aromatic rings. The summed E-state index contributed by atoms with van der Waals surface area (Å²) in [6, 6.07) is 11.5. The third-order valence-electron chi connectivity index (χ3n) is 3.36. The van der Waals surface area contributed by atoms with Gasteiger partial charge in [-0.2, -0.15) is 0 Å². The SMILES string of the molecule is CC.COc1cc(C/C=C(/C(=O)O)c2ccc(O)cc2)cc(OC)c1. The summed E-state index contributed by atoms with van der Waals surface area (Å²) in [6.45, 7) is 4.00. The van der Waals surface area contributed by atoms with Gasteiger partial charge >= 0.3 is 5.97 Å². The van der Waals surface area contributed by atoms with Crippen molar-refractivity contribution < 1.29 is 24.5 Å². The van der Waals surface area contributed by atoms with Crippen molar-refractivity contribution in [2.45, 2.75) is 20.3 Å². The number of carbonyl (C=O) groups is 1. The maximum atomic E-state index is 11.5. The maximum absolute atomic E-state index is 11.5. The van der Waals surface area contributed by atoms with Gasteiger partial charge < -0.3 is 19.7 Å². The van der Waals surface area contributed by atoms with Gasteiger partial charge in [0.15, 0.2) is 0 Å². The van der Waals surface area contributed by atoms with Gasteiger partial charge in [-0.25, -0.2) is 4.79 Å². The topological polar surface area (TPSA) is 76.0 Å². The van der Waals surface area contributed by atoms with E-state index >= 15 is 0 Å². The molecule has 0 unspecified atom stereocenters. The van der Waals surface area contributed by atoms with E-state index < -0.39 is 5.97 Å². The van der Waals surface area contributed by atoms with Crippen molar-refractivity contribution in [3.05, 3.63) is 59.7 Å².